The summed E-state index contributed by atoms with van der Waals surface area (Å²) in [6, 6.07) is 0. The Balaban J connectivity index is 1.63. The van der Waals surface area contributed by atoms with E-state index in [1.54, 1.807) is 6.42 Å². The van der Waals surface area contributed by atoms with E-state index < -0.39 is 0 Å². The molecule has 4 bridgehead atoms. The smallest absolute Gasteiger partial charge is 0.0168 e. The van der Waals surface area contributed by atoms with Crippen molar-refractivity contribution in [3.8, 4) is 0 Å². The third-order valence-corrected chi connectivity index (χ3v) is 6.42. The lowest BCUT2D eigenvalue weighted by molar-refractivity contribution is 0.121. The summed E-state index contributed by atoms with van der Waals surface area (Å²) in [6.45, 7) is 0. The molecule has 0 heterocycles. The fraction of sp³-hybridized carbons (Fsp3) is 0.733. The molecule has 5 aliphatic rings. The summed E-state index contributed by atoms with van der Waals surface area (Å²) in [5, 5.41) is 0. The van der Waals surface area contributed by atoms with Crippen LogP contribution in [0.2, 0.25) is 0 Å². The lowest BCUT2D eigenvalue weighted by Gasteiger charge is -2.38. The van der Waals surface area contributed by atoms with Gasteiger partial charge >= 0.3 is 0 Å². The molecule has 0 amide bonds. The topological polar surface area (TPSA) is 0 Å². The summed E-state index contributed by atoms with van der Waals surface area (Å²) in [5.74, 6) is 8.48. The summed E-state index contributed by atoms with van der Waals surface area (Å²) >= 11 is 0. The van der Waals surface area contributed by atoms with Crippen LogP contribution in [0.1, 0.15) is 19.3 Å². The molecule has 3 fully saturated rings. The first kappa shape index (κ1) is 7.70. The number of hydrogen-bond acceptors (Lipinski definition) is 0. The second-order valence-corrected chi connectivity index (χ2v) is 6.57. The fourth-order valence-corrected chi connectivity index (χ4v) is 6.22. The molecule has 15 heavy (non-hydrogen) atoms. The van der Waals surface area contributed by atoms with Crippen LogP contribution < -0.4 is 0 Å². The Hall–Kier alpha value is -0.520. The highest BCUT2D eigenvalue weighted by Gasteiger charge is 2.64. The van der Waals surface area contributed by atoms with Gasteiger partial charge in [0, 0.05) is 0 Å². The Morgan fingerprint density at radius 1 is 0.733 bits per heavy atom. The second-order valence-electron chi connectivity index (χ2n) is 6.57. The molecule has 0 aromatic carbocycles. The maximum atomic E-state index is 2.57. The van der Waals surface area contributed by atoms with Gasteiger partial charge in [-0.1, -0.05) is 24.3 Å². The van der Waals surface area contributed by atoms with E-state index in [0.717, 1.165) is 47.3 Å². The summed E-state index contributed by atoms with van der Waals surface area (Å²) in [5.41, 5.74) is 0. The predicted molar refractivity (Wildman–Crippen MR) is 60.1 cm³/mol. The lowest BCUT2D eigenvalue weighted by Crippen LogP contribution is -2.34. The summed E-state index contributed by atoms with van der Waals surface area (Å²) in [6.07, 6.45) is 14.7. The quantitative estimate of drug-likeness (QED) is 0.414. The van der Waals surface area contributed by atoms with Crippen molar-refractivity contribution in [3.63, 3.8) is 0 Å². The number of hydrogen-bond donors (Lipinski definition) is 0. The predicted octanol–water partition coefficient (Wildman–Crippen LogP) is 3.27. The van der Waals surface area contributed by atoms with Gasteiger partial charge in [0.2, 0.25) is 0 Å². The summed E-state index contributed by atoms with van der Waals surface area (Å²) in [4.78, 5) is 0. The van der Waals surface area contributed by atoms with Gasteiger partial charge in [-0.05, 0) is 66.6 Å². The van der Waals surface area contributed by atoms with Crippen molar-refractivity contribution >= 4 is 0 Å². The number of allylic oxidation sites excluding steroid dienone is 4. The SMILES string of the molecule is C1=C[C@@H]2[C@H](C1)[C@H]1C[C@@H]2[C@@H]2[C@H]1[C@H]1C=C[C@@H]2C1. The Kier molecular flexibility index (Phi) is 1.16. The van der Waals surface area contributed by atoms with E-state index in [1.165, 1.54) is 12.8 Å². The van der Waals surface area contributed by atoms with Gasteiger partial charge in [-0.25, -0.2) is 0 Å². The van der Waals surface area contributed by atoms with Crippen LogP contribution in [-0.2, 0) is 0 Å². The average molecular weight is 198 g/mol. The standard InChI is InChI=1S/C15H18/c1-2-10-11(3-1)13-7-12(10)14-8-4-5-9(6-8)15(13)14/h1-2,4-5,8-15H,3,6-7H2/t8-,9+,10-,11+,12+,13-,14-,15+/m1/s1. The molecular weight excluding hydrogens is 180 g/mol. The second kappa shape index (κ2) is 2.26. The molecule has 5 aliphatic carbocycles. The van der Waals surface area contributed by atoms with E-state index in [9.17, 15) is 0 Å². The molecule has 3 saturated carbocycles. The van der Waals surface area contributed by atoms with Crippen LogP contribution in [0.15, 0.2) is 24.3 Å². The molecule has 0 unspecified atom stereocenters. The van der Waals surface area contributed by atoms with Gasteiger partial charge in [0.25, 0.3) is 0 Å². The Labute approximate surface area is 91.4 Å². The zero-order valence-electron chi connectivity index (χ0n) is 9.05. The first-order valence-electron chi connectivity index (χ1n) is 6.78. The van der Waals surface area contributed by atoms with Gasteiger partial charge in [-0.15, -0.1) is 0 Å². The zero-order valence-corrected chi connectivity index (χ0v) is 9.05. The third-order valence-electron chi connectivity index (χ3n) is 6.42. The minimum absolute atomic E-state index is 0.991. The number of rotatable bonds is 0. The number of fused-ring (bicyclic) bond motifs is 12. The Bertz CT molecular complexity index is 377. The van der Waals surface area contributed by atoms with Gasteiger partial charge in [0.15, 0.2) is 0 Å². The van der Waals surface area contributed by atoms with E-state index in [-0.39, 0.29) is 0 Å². The molecule has 0 aromatic heterocycles. The zero-order chi connectivity index (χ0) is 9.57. The van der Waals surface area contributed by atoms with E-state index in [4.69, 9.17) is 0 Å². The largest absolute Gasteiger partial charge is 0.0879 e. The molecule has 0 heteroatoms. The maximum Gasteiger partial charge on any atom is -0.0168 e. The first-order chi connectivity index (χ1) is 7.43. The molecule has 0 aliphatic heterocycles. The van der Waals surface area contributed by atoms with E-state index >= 15 is 0 Å². The van der Waals surface area contributed by atoms with Crippen molar-refractivity contribution in [2.24, 2.45) is 47.3 Å². The summed E-state index contributed by atoms with van der Waals surface area (Å²) < 4.78 is 0. The highest BCUT2D eigenvalue weighted by Crippen LogP contribution is 2.70. The van der Waals surface area contributed by atoms with Crippen molar-refractivity contribution < 1.29 is 0 Å². The summed E-state index contributed by atoms with van der Waals surface area (Å²) in [7, 11) is 0. The molecule has 0 spiro atoms. The lowest BCUT2D eigenvalue weighted by atomic mass is 9.66. The van der Waals surface area contributed by atoms with E-state index in [1.807, 2.05) is 0 Å². The van der Waals surface area contributed by atoms with Crippen LogP contribution in [0.5, 0.6) is 0 Å². The average Bonchev–Trinajstić information content (AvgIpc) is 3.03. The van der Waals surface area contributed by atoms with Crippen LogP contribution >= 0.6 is 0 Å². The molecule has 0 N–H and O–H groups in total. The minimum Gasteiger partial charge on any atom is -0.0879 e. The van der Waals surface area contributed by atoms with Crippen molar-refractivity contribution in [1.82, 2.24) is 0 Å². The van der Waals surface area contributed by atoms with E-state index in [2.05, 4.69) is 24.3 Å². The molecule has 0 saturated heterocycles. The van der Waals surface area contributed by atoms with E-state index in [0.29, 0.717) is 0 Å². The van der Waals surface area contributed by atoms with Crippen LogP contribution in [0.3, 0.4) is 0 Å². The maximum absolute atomic E-state index is 2.57. The molecule has 78 valence electrons. The van der Waals surface area contributed by atoms with Crippen LogP contribution in [-0.4, -0.2) is 0 Å². The van der Waals surface area contributed by atoms with Crippen molar-refractivity contribution in [1.29, 1.82) is 0 Å². The minimum atomic E-state index is 0.991. The van der Waals surface area contributed by atoms with Gasteiger partial charge in [0.05, 0.1) is 0 Å². The monoisotopic (exact) mass is 198 g/mol. The van der Waals surface area contributed by atoms with Crippen molar-refractivity contribution in [2.45, 2.75) is 19.3 Å². The Morgan fingerprint density at radius 3 is 2.40 bits per heavy atom. The van der Waals surface area contributed by atoms with Gasteiger partial charge < -0.3 is 0 Å². The molecule has 8 atom stereocenters. The highest BCUT2D eigenvalue weighted by atomic mass is 14.7. The highest BCUT2D eigenvalue weighted by molar-refractivity contribution is 5.25. The normalized spacial score (nSPS) is 66.7. The third kappa shape index (κ3) is 0.697. The molecule has 0 aromatic rings. The molecule has 0 nitrogen and oxygen atoms in total. The molecular formula is C15H18. The van der Waals surface area contributed by atoms with Gasteiger partial charge in [0.1, 0.15) is 0 Å². The van der Waals surface area contributed by atoms with Gasteiger partial charge in [-0.2, -0.15) is 0 Å². The molecule has 5 rings (SSSR count). The van der Waals surface area contributed by atoms with Crippen LogP contribution in [0.4, 0.5) is 0 Å². The van der Waals surface area contributed by atoms with Crippen molar-refractivity contribution in [2.75, 3.05) is 0 Å². The fourth-order valence-electron chi connectivity index (χ4n) is 6.22. The van der Waals surface area contributed by atoms with Gasteiger partial charge in [-0.3, -0.25) is 0 Å². The Morgan fingerprint density at radius 2 is 1.53 bits per heavy atom. The first-order valence-corrected chi connectivity index (χ1v) is 6.78. The van der Waals surface area contributed by atoms with Crippen LogP contribution in [0, 0.1) is 47.3 Å². The van der Waals surface area contributed by atoms with Crippen molar-refractivity contribution in [3.05, 3.63) is 24.3 Å². The molecule has 0 radical (unpaired) electrons. The van der Waals surface area contributed by atoms with Crippen LogP contribution in [0.25, 0.3) is 0 Å².